The van der Waals surface area contributed by atoms with E-state index < -0.39 is 0 Å². The minimum Gasteiger partial charge on any atom is -0.356 e. The predicted molar refractivity (Wildman–Crippen MR) is 61.3 cm³/mol. The molecule has 0 fully saturated rings. The van der Waals surface area contributed by atoms with Crippen molar-refractivity contribution in [1.82, 2.24) is 5.32 Å². The van der Waals surface area contributed by atoms with Crippen LogP contribution in [0.5, 0.6) is 0 Å². The number of hydrogen-bond acceptors (Lipinski definition) is 3. The molecule has 3 nitrogen and oxygen atoms in total. The van der Waals surface area contributed by atoms with Gasteiger partial charge in [-0.05, 0) is 29.9 Å². The fourth-order valence-electron chi connectivity index (χ4n) is 1.31. The van der Waals surface area contributed by atoms with Crippen LogP contribution in [0.2, 0.25) is 0 Å². The topological polar surface area (TPSA) is 46.2 Å². The number of carbonyl (C=O) groups excluding carboxylic acids is 2. The van der Waals surface area contributed by atoms with Crippen LogP contribution in [0.1, 0.15) is 35.0 Å². The van der Waals surface area contributed by atoms with E-state index in [9.17, 15) is 9.59 Å². The summed E-state index contributed by atoms with van der Waals surface area (Å²) in [6.45, 7) is 2.58. The van der Waals surface area contributed by atoms with Gasteiger partial charge in [0.05, 0.1) is 4.88 Å². The Kier molecular flexibility index (Phi) is 5.04. The third-order valence-corrected chi connectivity index (χ3v) is 2.97. The molecule has 0 saturated heterocycles. The second-order valence-electron chi connectivity index (χ2n) is 3.28. The maximum atomic E-state index is 11.1. The first-order valence-corrected chi connectivity index (χ1v) is 5.94. The van der Waals surface area contributed by atoms with Gasteiger partial charge in [0.2, 0.25) is 5.91 Å². The first-order chi connectivity index (χ1) is 7.27. The first-order valence-electron chi connectivity index (χ1n) is 5.06. The average molecular weight is 225 g/mol. The average Bonchev–Trinajstić information content (AvgIpc) is 2.66. The Morgan fingerprint density at radius 3 is 3.07 bits per heavy atom. The van der Waals surface area contributed by atoms with Crippen molar-refractivity contribution in [2.24, 2.45) is 0 Å². The van der Waals surface area contributed by atoms with Gasteiger partial charge >= 0.3 is 0 Å². The number of aldehydes is 1. The van der Waals surface area contributed by atoms with Crippen molar-refractivity contribution in [1.29, 1.82) is 0 Å². The molecule has 0 saturated carbocycles. The maximum absolute atomic E-state index is 11.1. The third-order valence-electron chi connectivity index (χ3n) is 2.08. The smallest absolute Gasteiger partial charge is 0.219 e. The Hall–Kier alpha value is -1.16. The highest BCUT2D eigenvalue weighted by molar-refractivity contribution is 7.11. The molecule has 1 aromatic rings. The SMILES string of the molecule is CCCC(=O)NCCc1ccsc1C=O. The van der Waals surface area contributed by atoms with Crippen LogP contribution in [0.4, 0.5) is 0 Å². The highest BCUT2D eigenvalue weighted by Crippen LogP contribution is 2.14. The molecule has 0 bridgehead atoms. The number of hydrogen-bond donors (Lipinski definition) is 1. The quantitative estimate of drug-likeness (QED) is 0.753. The van der Waals surface area contributed by atoms with Gasteiger partial charge < -0.3 is 5.32 Å². The van der Waals surface area contributed by atoms with E-state index in [4.69, 9.17) is 0 Å². The van der Waals surface area contributed by atoms with E-state index in [0.29, 0.717) is 13.0 Å². The molecule has 0 spiro atoms. The van der Waals surface area contributed by atoms with Gasteiger partial charge in [0.15, 0.2) is 6.29 Å². The zero-order valence-corrected chi connectivity index (χ0v) is 9.60. The first kappa shape index (κ1) is 11.9. The second kappa shape index (κ2) is 6.35. The van der Waals surface area contributed by atoms with E-state index in [0.717, 1.165) is 29.6 Å². The Labute approximate surface area is 93.5 Å². The molecule has 1 N–H and O–H groups in total. The largest absolute Gasteiger partial charge is 0.356 e. The van der Waals surface area contributed by atoms with Crippen LogP contribution in [-0.4, -0.2) is 18.7 Å². The summed E-state index contributed by atoms with van der Waals surface area (Å²) in [6.07, 6.45) is 3.04. The molecule has 1 aromatic heterocycles. The van der Waals surface area contributed by atoms with Crippen LogP contribution in [-0.2, 0) is 11.2 Å². The molecule has 0 atom stereocenters. The molecule has 1 heterocycles. The van der Waals surface area contributed by atoms with Crippen LogP contribution >= 0.6 is 11.3 Å². The van der Waals surface area contributed by atoms with Crippen molar-refractivity contribution < 1.29 is 9.59 Å². The van der Waals surface area contributed by atoms with E-state index in [1.54, 1.807) is 0 Å². The lowest BCUT2D eigenvalue weighted by molar-refractivity contribution is -0.121. The van der Waals surface area contributed by atoms with Gasteiger partial charge in [0, 0.05) is 13.0 Å². The van der Waals surface area contributed by atoms with Crippen molar-refractivity contribution in [3.05, 3.63) is 21.9 Å². The summed E-state index contributed by atoms with van der Waals surface area (Å²) in [5.41, 5.74) is 1.02. The number of carbonyl (C=O) groups is 2. The molecular weight excluding hydrogens is 210 g/mol. The molecule has 82 valence electrons. The van der Waals surface area contributed by atoms with Gasteiger partial charge in [0.25, 0.3) is 0 Å². The summed E-state index contributed by atoms with van der Waals surface area (Å²) >= 11 is 1.44. The van der Waals surface area contributed by atoms with Crippen molar-refractivity contribution in [2.45, 2.75) is 26.2 Å². The molecule has 1 amide bonds. The molecule has 4 heteroatoms. The summed E-state index contributed by atoms with van der Waals surface area (Å²) in [4.78, 5) is 22.5. The number of amides is 1. The van der Waals surface area contributed by atoms with E-state index in [1.165, 1.54) is 11.3 Å². The van der Waals surface area contributed by atoms with Gasteiger partial charge in [0.1, 0.15) is 0 Å². The highest BCUT2D eigenvalue weighted by Gasteiger charge is 2.03. The van der Waals surface area contributed by atoms with Crippen LogP contribution in [0.15, 0.2) is 11.4 Å². The van der Waals surface area contributed by atoms with Gasteiger partial charge in [-0.1, -0.05) is 6.92 Å². The number of thiophene rings is 1. The Morgan fingerprint density at radius 1 is 1.60 bits per heavy atom. The van der Waals surface area contributed by atoms with Crippen LogP contribution in [0, 0.1) is 0 Å². The van der Waals surface area contributed by atoms with Gasteiger partial charge in [-0.2, -0.15) is 0 Å². The minimum absolute atomic E-state index is 0.0837. The van der Waals surface area contributed by atoms with Crippen molar-refractivity contribution >= 4 is 23.5 Å². The lowest BCUT2D eigenvalue weighted by Gasteiger charge is -2.03. The molecule has 0 aromatic carbocycles. The molecular formula is C11H15NO2S. The van der Waals surface area contributed by atoms with E-state index >= 15 is 0 Å². The monoisotopic (exact) mass is 225 g/mol. The Bertz CT molecular complexity index is 333. The molecule has 0 aliphatic carbocycles. The highest BCUT2D eigenvalue weighted by atomic mass is 32.1. The fourth-order valence-corrected chi connectivity index (χ4v) is 2.07. The van der Waals surface area contributed by atoms with Crippen LogP contribution in [0.25, 0.3) is 0 Å². The number of nitrogens with one attached hydrogen (secondary N) is 1. The third kappa shape index (κ3) is 3.83. The zero-order chi connectivity index (χ0) is 11.1. The molecule has 15 heavy (non-hydrogen) atoms. The van der Waals surface area contributed by atoms with E-state index in [1.807, 2.05) is 18.4 Å². The Balaban J connectivity index is 2.31. The lowest BCUT2D eigenvalue weighted by Crippen LogP contribution is -2.25. The fraction of sp³-hybridized carbons (Fsp3) is 0.455. The molecule has 0 aliphatic heterocycles. The van der Waals surface area contributed by atoms with Gasteiger partial charge in [-0.3, -0.25) is 9.59 Å². The summed E-state index contributed by atoms with van der Waals surface area (Å²) in [5, 5.41) is 4.72. The van der Waals surface area contributed by atoms with Crippen LogP contribution in [0.3, 0.4) is 0 Å². The summed E-state index contributed by atoms with van der Waals surface area (Å²) in [6, 6.07) is 1.93. The van der Waals surface area contributed by atoms with Crippen molar-refractivity contribution in [2.75, 3.05) is 6.54 Å². The summed E-state index contributed by atoms with van der Waals surface area (Å²) in [5.74, 6) is 0.0837. The van der Waals surface area contributed by atoms with E-state index in [-0.39, 0.29) is 5.91 Å². The normalized spacial score (nSPS) is 9.93. The number of rotatable bonds is 6. The van der Waals surface area contributed by atoms with Gasteiger partial charge in [-0.25, -0.2) is 0 Å². The van der Waals surface area contributed by atoms with E-state index in [2.05, 4.69) is 5.32 Å². The van der Waals surface area contributed by atoms with Crippen LogP contribution < -0.4 is 5.32 Å². The maximum Gasteiger partial charge on any atom is 0.219 e. The zero-order valence-electron chi connectivity index (χ0n) is 8.79. The molecule has 0 unspecified atom stereocenters. The predicted octanol–water partition coefficient (Wildman–Crippen LogP) is 2.02. The second-order valence-corrected chi connectivity index (χ2v) is 4.23. The summed E-state index contributed by atoms with van der Waals surface area (Å²) < 4.78 is 0. The van der Waals surface area contributed by atoms with Crippen molar-refractivity contribution in [3.63, 3.8) is 0 Å². The minimum atomic E-state index is 0.0837. The molecule has 0 radical (unpaired) electrons. The van der Waals surface area contributed by atoms with Crippen molar-refractivity contribution in [3.8, 4) is 0 Å². The summed E-state index contributed by atoms with van der Waals surface area (Å²) in [7, 11) is 0. The molecule has 1 rings (SSSR count). The molecule has 0 aliphatic rings. The standard InChI is InChI=1S/C11H15NO2S/c1-2-3-11(14)12-6-4-9-5-7-15-10(9)8-13/h5,7-8H,2-4,6H2,1H3,(H,12,14). The lowest BCUT2D eigenvalue weighted by atomic mass is 10.2. The Morgan fingerprint density at radius 2 is 2.40 bits per heavy atom. The van der Waals surface area contributed by atoms with Gasteiger partial charge in [-0.15, -0.1) is 11.3 Å².